The Morgan fingerprint density at radius 3 is 2.44 bits per heavy atom. The minimum absolute atomic E-state index is 0.00442. The van der Waals surface area contributed by atoms with Gasteiger partial charge in [0.25, 0.3) is 0 Å². The molecule has 0 amide bonds. The third kappa shape index (κ3) is 3.97. The van der Waals surface area contributed by atoms with E-state index < -0.39 is 17.7 Å². The number of rotatable bonds is 8. The van der Waals surface area contributed by atoms with Crippen LogP contribution < -0.4 is 9.47 Å². The van der Waals surface area contributed by atoms with Gasteiger partial charge in [0.2, 0.25) is 0 Å². The lowest BCUT2D eigenvalue weighted by Crippen LogP contribution is -2.39. The lowest BCUT2D eigenvalue weighted by Gasteiger charge is -2.40. The minimum Gasteiger partial charge on any atom is -0.498 e. The van der Waals surface area contributed by atoms with Crippen LogP contribution in [0.2, 0.25) is 0 Å². The molecule has 8 heteroatoms. The molecule has 0 fully saturated rings. The van der Waals surface area contributed by atoms with Crippen LogP contribution in [0.5, 0.6) is 11.5 Å². The number of ether oxygens (including phenoxy) is 5. The summed E-state index contributed by atoms with van der Waals surface area (Å²) in [7, 11) is 6.09. The quantitative estimate of drug-likeness (QED) is 0.467. The average Bonchev–Trinajstić information content (AvgIpc) is 3.20. The molecule has 0 saturated carbocycles. The third-order valence-corrected chi connectivity index (χ3v) is 7.19. The Bertz CT molecular complexity index is 1180. The summed E-state index contributed by atoms with van der Waals surface area (Å²) < 4.78 is 43.3. The van der Waals surface area contributed by atoms with Gasteiger partial charge in [-0.05, 0) is 56.5 Å². The third-order valence-electron chi connectivity index (χ3n) is 7.19. The Labute approximate surface area is 211 Å². The second kappa shape index (κ2) is 10.4. The van der Waals surface area contributed by atoms with Gasteiger partial charge >= 0.3 is 5.97 Å². The van der Waals surface area contributed by atoms with E-state index >= 15 is 4.39 Å². The number of nitrogens with zero attached hydrogens (tertiary/aromatic N) is 1. The topological polar surface area (TPSA) is 66.5 Å². The monoisotopic (exact) mass is 499 g/mol. The Hall–Kier alpha value is -3.26. The zero-order valence-corrected chi connectivity index (χ0v) is 21.9. The summed E-state index contributed by atoms with van der Waals surface area (Å²) in [6, 6.07) is 3.38. The fraction of sp³-hybridized carbons (Fsp3) is 0.464. The standard InChI is InChI=1S/C28H34FNO6/c1-8-17-12-16-13-21(33-5)22(34-6)14-19(16)26-24(28(31)36-9-2)23(15(3)30(17)26)18-10-11-20(32-4)27(35-7)25(18)29/h10-11,13-14,17,21,24H,8-9,12H2,1-7H3. The van der Waals surface area contributed by atoms with Crippen molar-refractivity contribution in [2.75, 3.05) is 35.0 Å². The summed E-state index contributed by atoms with van der Waals surface area (Å²) in [4.78, 5) is 15.7. The molecule has 2 aliphatic heterocycles. The number of benzene rings is 1. The van der Waals surface area contributed by atoms with Crippen LogP contribution in [-0.2, 0) is 19.0 Å². The first kappa shape index (κ1) is 25.8. The van der Waals surface area contributed by atoms with Crippen LogP contribution in [0.3, 0.4) is 0 Å². The number of hydrogen-bond donors (Lipinski definition) is 0. The van der Waals surface area contributed by atoms with Crippen molar-refractivity contribution in [2.45, 2.75) is 45.8 Å². The van der Waals surface area contributed by atoms with Crippen molar-refractivity contribution >= 4 is 11.5 Å². The number of carbonyl (C=O) groups is 1. The number of fused-ring (bicyclic) bond motifs is 2. The highest BCUT2D eigenvalue weighted by atomic mass is 19.1. The van der Waals surface area contributed by atoms with Crippen molar-refractivity contribution in [2.24, 2.45) is 5.92 Å². The Balaban J connectivity index is 2.01. The first-order chi connectivity index (χ1) is 17.4. The summed E-state index contributed by atoms with van der Waals surface area (Å²) in [5, 5.41) is 0. The molecule has 0 saturated heterocycles. The van der Waals surface area contributed by atoms with Gasteiger partial charge in [-0.3, -0.25) is 4.79 Å². The number of allylic oxidation sites excluding steroid dienone is 3. The van der Waals surface area contributed by atoms with Crippen LogP contribution in [0, 0.1) is 11.7 Å². The van der Waals surface area contributed by atoms with Gasteiger partial charge in [0.05, 0.1) is 27.9 Å². The van der Waals surface area contributed by atoms with Crippen LogP contribution in [0.1, 0.15) is 39.2 Å². The normalized spacial score (nSPS) is 23.1. The molecule has 7 nitrogen and oxygen atoms in total. The maximum absolute atomic E-state index is 15.9. The fourth-order valence-corrected chi connectivity index (χ4v) is 5.57. The van der Waals surface area contributed by atoms with Crippen molar-refractivity contribution < 1.29 is 32.9 Å². The van der Waals surface area contributed by atoms with Gasteiger partial charge in [-0.25, -0.2) is 4.39 Å². The molecule has 3 atom stereocenters. The summed E-state index contributed by atoms with van der Waals surface area (Å²) in [5.41, 5.74) is 4.41. The SMILES string of the molecule is CCOC(=O)C1C(c2ccc(OC)c(OC)c2F)=C(C)N2C1=C1C=C(OC)C(OC)C=C1CC2CC. The van der Waals surface area contributed by atoms with E-state index in [9.17, 15) is 4.79 Å². The lowest BCUT2D eigenvalue weighted by molar-refractivity contribution is -0.145. The summed E-state index contributed by atoms with van der Waals surface area (Å²) in [5.74, 6) is -0.905. The molecule has 1 aromatic rings. The highest BCUT2D eigenvalue weighted by molar-refractivity contribution is 5.96. The lowest BCUT2D eigenvalue weighted by atomic mass is 9.81. The molecule has 0 bridgehead atoms. The van der Waals surface area contributed by atoms with Gasteiger partial charge in [0, 0.05) is 41.3 Å². The highest BCUT2D eigenvalue weighted by Crippen LogP contribution is 2.53. The summed E-state index contributed by atoms with van der Waals surface area (Å²) >= 11 is 0. The maximum atomic E-state index is 15.9. The number of carbonyl (C=O) groups excluding carboxylic acids is 1. The predicted molar refractivity (Wildman–Crippen MR) is 134 cm³/mol. The molecule has 0 aromatic heterocycles. The molecular weight excluding hydrogens is 465 g/mol. The zero-order chi connectivity index (χ0) is 26.1. The van der Waals surface area contributed by atoms with Crippen LogP contribution >= 0.6 is 0 Å². The first-order valence-corrected chi connectivity index (χ1v) is 12.2. The number of halogens is 1. The molecule has 3 unspecified atom stereocenters. The van der Waals surface area contributed by atoms with E-state index in [4.69, 9.17) is 23.7 Å². The average molecular weight is 500 g/mol. The number of hydrogen-bond acceptors (Lipinski definition) is 7. The van der Waals surface area contributed by atoms with Crippen LogP contribution in [0.4, 0.5) is 4.39 Å². The Morgan fingerprint density at radius 2 is 1.86 bits per heavy atom. The first-order valence-electron chi connectivity index (χ1n) is 12.2. The van der Waals surface area contributed by atoms with E-state index in [1.54, 1.807) is 33.3 Å². The van der Waals surface area contributed by atoms with Gasteiger partial charge < -0.3 is 28.6 Å². The summed E-state index contributed by atoms with van der Waals surface area (Å²) in [6.07, 6.45) is 5.27. The smallest absolute Gasteiger partial charge is 0.319 e. The van der Waals surface area contributed by atoms with Gasteiger partial charge in [-0.15, -0.1) is 0 Å². The fourth-order valence-electron chi connectivity index (χ4n) is 5.57. The molecule has 0 N–H and O–H groups in total. The van der Waals surface area contributed by atoms with Gasteiger partial charge in [0.1, 0.15) is 17.8 Å². The van der Waals surface area contributed by atoms with Crippen molar-refractivity contribution in [3.63, 3.8) is 0 Å². The maximum Gasteiger partial charge on any atom is 0.319 e. The van der Waals surface area contributed by atoms with Gasteiger partial charge in [-0.2, -0.15) is 0 Å². The van der Waals surface area contributed by atoms with Crippen LogP contribution in [0.25, 0.3) is 5.57 Å². The molecule has 194 valence electrons. The molecule has 1 aliphatic carbocycles. The predicted octanol–water partition coefficient (Wildman–Crippen LogP) is 4.99. The van der Waals surface area contributed by atoms with E-state index in [-0.39, 0.29) is 35.8 Å². The molecular formula is C28H34FNO6. The van der Waals surface area contributed by atoms with Crippen molar-refractivity contribution in [1.82, 2.24) is 4.90 Å². The van der Waals surface area contributed by atoms with E-state index in [1.165, 1.54) is 14.2 Å². The van der Waals surface area contributed by atoms with E-state index in [0.29, 0.717) is 11.3 Å². The highest BCUT2D eigenvalue weighted by Gasteiger charge is 2.48. The van der Waals surface area contributed by atoms with Crippen molar-refractivity contribution in [3.05, 3.63) is 64.0 Å². The molecule has 4 rings (SSSR count). The number of esters is 1. The van der Waals surface area contributed by atoms with E-state index in [1.807, 2.05) is 19.1 Å². The summed E-state index contributed by atoms with van der Waals surface area (Å²) in [6.45, 7) is 6.03. The van der Waals surface area contributed by atoms with Crippen LogP contribution in [0.15, 0.2) is 52.6 Å². The zero-order valence-electron chi connectivity index (χ0n) is 21.9. The molecule has 1 aromatic carbocycles. The van der Waals surface area contributed by atoms with Crippen molar-refractivity contribution in [3.8, 4) is 11.5 Å². The van der Waals surface area contributed by atoms with E-state index in [2.05, 4.69) is 11.8 Å². The minimum atomic E-state index is -0.821. The van der Waals surface area contributed by atoms with Crippen LogP contribution in [-0.4, -0.2) is 58.1 Å². The van der Waals surface area contributed by atoms with Gasteiger partial charge in [-0.1, -0.05) is 6.92 Å². The molecule has 2 heterocycles. The second-order valence-electron chi connectivity index (χ2n) is 8.88. The van der Waals surface area contributed by atoms with E-state index in [0.717, 1.165) is 35.4 Å². The molecule has 0 spiro atoms. The number of methoxy groups -OCH3 is 4. The Morgan fingerprint density at radius 1 is 1.11 bits per heavy atom. The largest absolute Gasteiger partial charge is 0.498 e. The second-order valence-corrected chi connectivity index (χ2v) is 8.88. The van der Waals surface area contributed by atoms with Gasteiger partial charge in [0.15, 0.2) is 17.3 Å². The Kier molecular flexibility index (Phi) is 7.45. The molecule has 0 radical (unpaired) electrons. The molecule has 36 heavy (non-hydrogen) atoms. The molecule has 3 aliphatic rings. The van der Waals surface area contributed by atoms with Crippen molar-refractivity contribution in [1.29, 1.82) is 0 Å².